The summed E-state index contributed by atoms with van der Waals surface area (Å²) in [5.41, 5.74) is 3.27. The van der Waals surface area contributed by atoms with Gasteiger partial charge in [0.15, 0.2) is 5.78 Å². The normalized spacial score (nSPS) is 10.9. The lowest BCUT2D eigenvalue weighted by Gasteiger charge is -2.16. The highest BCUT2D eigenvalue weighted by Crippen LogP contribution is 2.15. The average molecular weight is 299 g/mol. The molecule has 0 aliphatic carbocycles. The molecule has 110 valence electrons. The second kappa shape index (κ2) is 7.43. The van der Waals surface area contributed by atoms with E-state index >= 15 is 0 Å². The number of carbonyl (C=O) groups excluding carboxylic acids is 1. The first-order valence-corrected chi connectivity index (χ1v) is 8.22. The van der Waals surface area contributed by atoms with Crippen molar-refractivity contribution in [2.75, 3.05) is 19.8 Å². The third-order valence-electron chi connectivity index (χ3n) is 3.40. The Morgan fingerprint density at radius 1 is 1.05 bits per heavy atom. The Bertz CT molecular complexity index is 590. The van der Waals surface area contributed by atoms with Crippen LogP contribution in [0.2, 0.25) is 0 Å². The molecule has 2 aromatic rings. The van der Waals surface area contributed by atoms with Crippen molar-refractivity contribution < 1.29 is 4.79 Å². The minimum absolute atomic E-state index is 0.164. The zero-order valence-corrected chi connectivity index (χ0v) is 13.6. The molecular weight excluding hydrogens is 278 g/mol. The Hall–Kier alpha value is -1.58. The van der Waals surface area contributed by atoms with Crippen molar-refractivity contribution >= 4 is 17.5 Å². The lowest BCUT2D eigenvalue weighted by molar-refractivity contribution is 0.0943. The van der Waals surface area contributed by atoms with Crippen LogP contribution in [0.15, 0.2) is 53.4 Å². The molecule has 0 aromatic heterocycles. The predicted molar refractivity (Wildman–Crippen MR) is 90.1 cm³/mol. The number of likely N-dealkylation sites (N-methyl/N-ethyl adjacent to an activating group) is 1. The summed E-state index contributed by atoms with van der Waals surface area (Å²) in [7, 11) is 1.98. The lowest BCUT2D eigenvalue weighted by Crippen LogP contribution is -2.25. The number of nitrogens with zero attached hydrogens (tertiary/aromatic N) is 1. The predicted octanol–water partition coefficient (Wildman–Crippen LogP) is 4.03. The highest BCUT2D eigenvalue weighted by atomic mass is 32.2. The first-order chi connectivity index (χ1) is 10.1. The fraction of sp³-hybridized carbons (Fsp3) is 0.278. The SMILES string of the molecule is CSc1ccc(C(=O)CN(C)Cc2ccc(C)cc2)cc1. The van der Waals surface area contributed by atoms with Crippen molar-refractivity contribution in [3.05, 3.63) is 65.2 Å². The van der Waals surface area contributed by atoms with Gasteiger partial charge in [0.1, 0.15) is 0 Å². The molecule has 2 rings (SSSR count). The van der Waals surface area contributed by atoms with E-state index in [0.29, 0.717) is 6.54 Å². The van der Waals surface area contributed by atoms with Crippen molar-refractivity contribution in [3.8, 4) is 0 Å². The third kappa shape index (κ3) is 4.73. The number of hydrogen-bond donors (Lipinski definition) is 0. The summed E-state index contributed by atoms with van der Waals surface area (Å²) in [6, 6.07) is 16.3. The second-order valence-electron chi connectivity index (χ2n) is 5.31. The van der Waals surface area contributed by atoms with E-state index in [1.807, 2.05) is 37.6 Å². The van der Waals surface area contributed by atoms with Gasteiger partial charge in [-0.25, -0.2) is 0 Å². The molecular formula is C18H21NOS. The smallest absolute Gasteiger partial charge is 0.176 e. The number of ketones is 1. The van der Waals surface area contributed by atoms with Crippen molar-refractivity contribution in [1.29, 1.82) is 0 Å². The maximum Gasteiger partial charge on any atom is 0.176 e. The summed E-state index contributed by atoms with van der Waals surface area (Å²) < 4.78 is 0. The molecule has 0 aliphatic heterocycles. The molecule has 0 aliphatic rings. The van der Waals surface area contributed by atoms with Gasteiger partial charge in [-0.05, 0) is 37.9 Å². The summed E-state index contributed by atoms with van der Waals surface area (Å²) in [5.74, 6) is 0.164. The topological polar surface area (TPSA) is 20.3 Å². The summed E-state index contributed by atoms with van der Waals surface area (Å²) in [6.07, 6.45) is 2.03. The Kier molecular flexibility index (Phi) is 5.59. The highest BCUT2D eigenvalue weighted by molar-refractivity contribution is 7.98. The van der Waals surface area contributed by atoms with Crippen molar-refractivity contribution in [1.82, 2.24) is 4.90 Å². The van der Waals surface area contributed by atoms with Crippen LogP contribution < -0.4 is 0 Å². The fourth-order valence-electron chi connectivity index (χ4n) is 2.17. The summed E-state index contributed by atoms with van der Waals surface area (Å²) in [6.45, 7) is 3.30. The van der Waals surface area contributed by atoms with Crippen LogP contribution in [-0.2, 0) is 6.54 Å². The van der Waals surface area contributed by atoms with E-state index in [4.69, 9.17) is 0 Å². The molecule has 2 aromatic carbocycles. The van der Waals surface area contributed by atoms with Gasteiger partial charge in [-0.3, -0.25) is 9.69 Å². The molecule has 0 atom stereocenters. The molecule has 0 saturated carbocycles. The van der Waals surface area contributed by atoms with E-state index in [9.17, 15) is 4.79 Å². The molecule has 0 radical (unpaired) electrons. The number of aryl methyl sites for hydroxylation is 1. The first kappa shape index (κ1) is 15.8. The number of hydrogen-bond acceptors (Lipinski definition) is 3. The van der Waals surface area contributed by atoms with Crippen LogP contribution in [-0.4, -0.2) is 30.5 Å². The van der Waals surface area contributed by atoms with Crippen LogP contribution in [0, 0.1) is 6.92 Å². The maximum absolute atomic E-state index is 12.3. The first-order valence-electron chi connectivity index (χ1n) is 7.00. The average Bonchev–Trinajstić information content (AvgIpc) is 2.49. The molecule has 0 amide bonds. The van der Waals surface area contributed by atoms with Gasteiger partial charge in [0.25, 0.3) is 0 Å². The van der Waals surface area contributed by atoms with Crippen LogP contribution >= 0.6 is 11.8 Å². The zero-order chi connectivity index (χ0) is 15.2. The van der Waals surface area contributed by atoms with Gasteiger partial charge in [-0.15, -0.1) is 11.8 Å². The van der Waals surface area contributed by atoms with E-state index in [1.165, 1.54) is 16.0 Å². The van der Waals surface area contributed by atoms with E-state index in [0.717, 1.165) is 12.1 Å². The Morgan fingerprint density at radius 2 is 1.67 bits per heavy atom. The van der Waals surface area contributed by atoms with E-state index in [-0.39, 0.29) is 5.78 Å². The number of Topliss-reactive ketones (excluding diaryl/α,β-unsaturated/α-hetero) is 1. The van der Waals surface area contributed by atoms with Crippen LogP contribution in [0.25, 0.3) is 0 Å². The van der Waals surface area contributed by atoms with E-state index < -0.39 is 0 Å². The third-order valence-corrected chi connectivity index (χ3v) is 4.14. The van der Waals surface area contributed by atoms with Crippen molar-refractivity contribution in [2.45, 2.75) is 18.4 Å². The van der Waals surface area contributed by atoms with Gasteiger partial charge in [0.05, 0.1) is 6.54 Å². The summed E-state index contributed by atoms with van der Waals surface area (Å²) in [4.78, 5) is 15.5. The molecule has 2 nitrogen and oxygen atoms in total. The Morgan fingerprint density at radius 3 is 2.24 bits per heavy atom. The molecule has 0 spiro atoms. The minimum atomic E-state index is 0.164. The Labute approximate surface area is 131 Å². The number of benzene rings is 2. The van der Waals surface area contributed by atoms with Crippen molar-refractivity contribution in [3.63, 3.8) is 0 Å². The molecule has 0 unspecified atom stereocenters. The van der Waals surface area contributed by atoms with Gasteiger partial charge < -0.3 is 0 Å². The Balaban J connectivity index is 1.93. The monoisotopic (exact) mass is 299 g/mol. The van der Waals surface area contributed by atoms with Gasteiger partial charge in [0.2, 0.25) is 0 Å². The van der Waals surface area contributed by atoms with E-state index in [1.54, 1.807) is 11.8 Å². The molecule has 0 bridgehead atoms. The molecule has 0 N–H and O–H groups in total. The van der Waals surface area contributed by atoms with E-state index in [2.05, 4.69) is 36.1 Å². The lowest BCUT2D eigenvalue weighted by atomic mass is 10.1. The quantitative estimate of drug-likeness (QED) is 0.593. The van der Waals surface area contributed by atoms with Gasteiger partial charge in [-0.1, -0.05) is 42.0 Å². The fourth-order valence-corrected chi connectivity index (χ4v) is 2.58. The zero-order valence-electron chi connectivity index (χ0n) is 12.8. The molecule has 21 heavy (non-hydrogen) atoms. The molecule has 0 fully saturated rings. The van der Waals surface area contributed by atoms with Gasteiger partial charge in [-0.2, -0.15) is 0 Å². The standard InChI is InChI=1S/C18H21NOS/c1-14-4-6-15(7-5-14)12-19(2)13-18(20)16-8-10-17(21-3)11-9-16/h4-11H,12-13H2,1-3H3. The van der Waals surface area contributed by atoms with Crippen LogP contribution in [0.1, 0.15) is 21.5 Å². The number of thioether (sulfide) groups is 1. The minimum Gasteiger partial charge on any atom is -0.295 e. The highest BCUT2D eigenvalue weighted by Gasteiger charge is 2.09. The second-order valence-corrected chi connectivity index (χ2v) is 6.19. The largest absolute Gasteiger partial charge is 0.295 e. The summed E-state index contributed by atoms with van der Waals surface area (Å²) in [5, 5.41) is 0. The maximum atomic E-state index is 12.3. The van der Waals surface area contributed by atoms with Crippen LogP contribution in [0.3, 0.4) is 0 Å². The van der Waals surface area contributed by atoms with Crippen molar-refractivity contribution in [2.24, 2.45) is 0 Å². The molecule has 3 heteroatoms. The van der Waals surface area contributed by atoms with Gasteiger partial charge in [0, 0.05) is 17.0 Å². The van der Waals surface area contributed by atoms with Crippen LogP contribution in [0.5, 0.6) is 0 Å². The molecule has 0 heterocycles. The summed E-state index contributed by atoms with van der Waals surface area (Å²) >= 11 is 1.68. The number of rotatable bonds is 6. The molecule has 0 saturated heterocycles. The number of carbonyl (C=O) groups is 1. The van der Waals surface area contributed by atoms with Crippen LogP contribution in [0.4, 0.5) is 0 Å². The van der Waals surface area contributed by atoms with Gasteiger partial charge >= 0.3 is 0 Å².